The maximum atomic E-state index is 12.8. The number of amides is 1. The van der Waals surface area contributed by atoms with E-state index in [1.165, 1.54) is 13.0 Å². The van der Waals surface area contributed by atoms with Crippen molar-refractivity contribution in [3.63, 3.8) is 0 Å². The lowest BCUT2D eigenvalue weighted by molar-refractivity contribution is -0.384. The van der Waals surface area contributed by atoms with Gasteiger partial charge in [-0.1, -0.05) is 23.2 Å². The summed E-state index contributed by atoms with van der Waals surface area (Å²) in [5, 5.41) is 12.4. The predicted octanol–water partition coefficient (Wildman–Crippen LogP) is 3.48. The standard InChI is InChI=1S/C23H24Cl2N4O5/c1-15(30)34-22-14-28(19-7-6-18(25)12-20(19)29(32)33)13-21(22)26-8-10-27(11-9-26)23(31)16-2-4-17(24)5-3-16/h2-7,12,21-22H,8-11,13-14H2,1H3/t21-,22-/m1/s1. The number of carbonyl (C=O) groups is 2. The van der Waals surface area contributed by atoms with E-state index in [1.54, 1.807) is 41.3 Å². The fourth-order valence-electron chi connectivity index (χ4n) is 4.58. The van der Waals surface area contributed by atoms with E-state index < -0.39 is 17.0 Å². The maximum Gasteiger partial charge on any atom is 0.303 e. The molecule has 0 saturated carbocycles. The van der Waals surface area contributed by atoms with Gasteiger partial charge >= 0.3 is 5.97 Å². The van der Waals surface area contributed by atoms with Crippen LogP contribution in [0.3, 0.4) is 0 Å². The van der Waals surface area contributed by atoms with Crippen molar-refractivity contribution < 1.29 is 19.2 Å². The second-order valence-electron chi connectivity index (χ2n) is 8.35. The Morgan fingerprint density at radius 2 is 1.65 bits per heavy atom. The predicted molar refractivity (Wildman–Crippen MR) is 129 cm³/mol. The van der Waals surface area contributed by atoms with Crippen molar-refractivity contribution in [1.82, 2.24) is 9.80 Å². The molecule has 4 rings (SSSR count). The Hall–Kier alpha value is -2.88. The fourth-order valence-corrected chi connectivity index (χ4v) is 4.87. The molecule has 2 aromatic carbocycles. The summed E-state index contributed by atoms with van der Waals surface area (Å²) in [5.74, 6) is -0.461. The summed E-state index contributed by atoms with van der Waals surface area (Å²) in [7, 11) is 0. The van der Waals surface area contributed by atoms with Crippen LogP contribution >= 0.6 is 23.2 Å². The number of anilines is 1. The van der Waals surface area contributed by atoms with Gasteiger partial charge in [-0.3, -0.25) is 24.6 Å². The summed E-state index contributed by atoms with van der Waals surface area (Å²) in [6, 6.07) is 11.2. The number of nitro groups is 1. The van der Waals surface area contributed by atoms with E-state index in [-0.39, 0.29) is 22.7 Å². The highest BCUT2D eigenvalue weighted by atomic mass is 35.5. The van der Waals surface area contributed by atoms with Gasteiger partial charge < -0.3 is 14.5 Å². The molecule has 2 heterocycles. The minimum atomic E-state index is -0.462. The van der Waals surface area contributed by atoms with Gasteiger partial charge in [0.2, 0.25) is 0 Å². The van der Waals surface area contributed by atoms with Gasteiger partial charge in [0.25, 0.3) is 11.6 Å². The minimum Gasteiger partial charge on any atom is -0.459 e. The smallest absolute Gasteiger partial charge is 0.303 e. The number of ether oxygens (including phenoxy) is 1. The molecular formula is C23H24Cl2N4O5. The summed E-state index contributed by atoms with van der Waals surface area (Å²) in [6.45, 7) is 4.36. The summed E-state index contributed by atoms with van der Waals surface area (Å²) >= 11 is 11.9. The quantitative estimate of drug-likeness (QED) is 0.347. The van der Waals surface area contributed by atoms with Crippen LogP contribution in [0, 0.1) is 10.1 Å². The molecular weight excluding hydrogens is 483 g/mol. The molecule has 180 valence electrons. The molecule has 0 spiro atoms. The number of hydrogen-bond donors (Lipinski definition) is 0. The molecule has 2 atom stereocenters. The molecule has 2 saturated heterocycles. The van der Waals surface area contributed by atoms with Crippen LogP contribution in [-0.2, 0) is 9.53 Å². The van der Waals surface area contributed by atoms with Crippen LogP contribution in [0.25, 0.3) is 0 Å². The molecule has 2 aromatic rings. The molecule has 0 aromatic heterocycles. The van der Waals surface area contributed by atoms with Crippen LogP contribution in [-0.4, -0.2) is 78.0 Å². The van der Waals surface area contributed by atoms with E-state index >= 15 is 0 Å². The molecule has 0 radical (unpaired) electrons. The van der Waals surface area contributed by atoms with E-state index in [0.29, 0.717) is 55.5 Å². The molecule has 2 aliphatic rings. The second-order valence-corrected chi connectivity index (χ2v) is 9.22. The fraction of sp³-hybridized carbons (Fsp3) is 0.391. The van der Waals surface area contributed by atoms with Gasteiger partial charge in [-0.2, -0.15) is 0 Å². The zero-order chi connectivity index (χ0) is 24.4. The number of halogens is 2. The topological polar surface area (TPSA) is 96.2 Å². The zero-order valence-corrected chi connectivity index (χ0v) is 20.0. The van der Waals surface area contributed by atoms with Crippen molar-refractivity contribution in [2.45, 2.75) is 19.1 Å². The number of benzene rings is 2. The summed E-state index contributed by atoms with van der Waals surface area (Å²) in [5.41, 5.74) is 0.927. The van der Waals surface area contributed by atoms with E-state index in [1.807, 2.05) is 4.90 Å². The van der Waals surface area contributed by atoms with Gasteiger partial charge in [0, 0.05) is 61.3 Å². The van der Waals surface area contributed by atoms with Gasteiger partial charge in [-0.15, -0.1) is 0 Å². The van der Waals surface area contributed by atoms with Crippen molar-refractivity contribution in [3.8, 4) is 0 Å². The van der Waals surface area contributed by atoms with Gasteiger partial charge in [-0.05, 0) is 36.4 Å². The Bertz CT molecular complexity index is 1090. The molecule has 0 N–H and O–H groups in total. The van der Waals surface area contributed by atoms with Crippen LogP contribution in [0.15, 0.2) is 42.5 Å². The van der Waals surface area contributed by atoms with Gasteiger partial charge in [0.1, 0.15) is 11.8 Å². The molecule has 34 heavy (non-hydrogen) atoms. The van der Waals surface area contributed by atoms with E-state index in [2.05, 4.69) is 4.90 Å². The Balaban J connectivity index is 1.47. The normalized spacial score (nSPS) is 20.9. The Morgan fingerprint density at radius 1 is 1.00 bits per heavy atom. The van der Waals surface area contributed by atoms with Crippen LogP contribution in [0.5, 0.6) is 0 Å². The molecule has 2 aliphatic heterocycles. The maximum absolute atomic E-state index is 12.8. The third-order valence-corrected chi connectivity index (χ3v) is 6.68. The first-order valence-corrected chi connectivity index (χ1v) is 11.6. The van der Waals surface area contributed by atoms with Crippen molar-refractivity contribution in [2.24, 2.45) is 0 Å². The number of hydrogen-bond acceptors (Lipinski definition) is 7. The minimum absolute atomic E-state index is 0.0577. The Labute approximate surface area is 206 Å². The Morgan fingerprint density at radius 3 is 2.26 bits per heavy atom. The average molecular weight is 507 g/mol. The third kappa shape index (κ3) is 5.27. The lowest BCUT2D eigenvalue weighted by Gasteiger charge is -2.39. The highest BCUT2D eigenvalue weighted by Gasteiger charge is 2.41. The largest absolute Gasteiger partial charge is 0.459 e. The number of piperazine rings is 1. The van der Waals surface area contributed by atoms with Crippen molar-refractivity contribution in [1.29, 1.82) is 0 Å². The molecule has 1 amide bonds. The SMILES string of the molecule is CC(=O)O[C@@H]1CN(c2ccc(Cl)cc2[N+](=O)[O-])C[C@H]1N1CCN(C(=O)c2ccc(Cl)cc2)CC1. The van der Waals surface area contributed by atoms with E-state index in [0.717, 1.165) is 0 Å². The highest BCUT2D eigenvalue weighted by Crippen LogP contribution is 2.35. The Kier molecular flexibility index (Phi) is 7.25. The van der Waals surface area contributed by atoms with Gasteiger partial charge in [0.05, 0.1) is 17.5 Å². The first-order valence-electron chi connectivity index (χ1n) is 10.9. The summed E-state index contributed by atoms with van der Waals surface area (Å²) in [4.78, 5) is 41.5. The zero-order valence-electron chi connectivity index (χ0n) is 18.5. The van der Waals surface area contributed by atoms with E-state index in [4.69, 9.17) is 27.9 Å². The van der Waals surface area contributed by atoms with Crippen molar-refractivity contribution in [3.05, 3.63) is 68.2 Å². The van der Waals surface area contributed by atoms with Gasteiger partial charge in [0.15, 0.2) is 0 Å². The van der Waals surface area contributed by atoms with Crippen molar-refractivity contribution in [2.75, 3.05) is 44.2 Å². The van der Waals surface area contributed by atoms with Crippen LogP contribution in [0.1, 0.15) is 17.3 Å². The number of esters is 1. The third-order valence-electron chi connectivity index (χ3n) is 6.19. The molecule has 11 heteroatoms. The average Bonchev–Trinajstić information content (AvgIpc) is 3.22. The van der Waals surface area contributed by atoms with Crippen molar-refractivity contribution >= 4 is 46.5 Å². The number of rotatable bonds is 5. The van der Waals surface area contributed by atoms with Gasteiger partial charge in [-0.25, -0.2) is 0 Å². The first kappa shape index (κ1) is 24.3. The van der Waals surface area contributed by atoms with Crippen LogP contribution in [0.4, 0.5) is 11.4 Å². The number of nitrogens with zero attached hydrogens (tertiary/aromatic N) is 4. The molecule has 0 unspecified atom stereocenters. The number of nitro benzene ring substituents is 1. The summed E-state index contributed by atoms with van der Waals surface area (Å²) < 4.78 is 5.60. The number of carbonyl (C=O) groups excluding carboxylic acids is 2. The lowest BCUT2D eigenvalue weighted by Crippen LogP contribution is -2.55. The second kappa shape index (κ2) is 10.2. The molecule has 9 nitrogen and oxygen atoms in total. The monoisotopic (exact) mass is 506 g/mol. The highest BCUT2D eigenvalue weighted by molar-refractivity contribution is 6.31. The summed E-state index contributed by atoms with van der Waals surface area (Å²) in [6.07, 6.45) is -0.453. The molecule has 2 fully saturated rings. The molecule has 0 aliphatic carbocycles. The first-order chi connectivity index (χ1) is 16.2. The molecule has 0 bridgehead atoms. The van der Waals surface area contributed by atoms with Crippen LogP contribution in [0.2, 0.25) is 10.0 Å². The van der Waals surface area contributed by atoms with E-state index in [9.17, 15) is 19.7 Å². The lowest BCUT2D eigenvalue weighted by atomic mass is 10.1. The van der Waals surface area contributed by atoms with Crippen LogP contribution < -0.4 is 4.90 Å².